The van der Waals surface area contributed by atoms with E-state index in [4.69, 9.17) is 0 Å². The van der Waals surface area contributed by atoms with Gasteiger partial charge in [0.15, 0.2) is 0 Å². The van der Waals surface area contributed by atoms with Crippen LogP contribution in [0, 0.1) is 5.92 Å². The predicted molar refractivity (Wildman–Crippen MR) is 95.2 cm³/mol. The smallest absolute Gasteiger partial charge is 0.248 e. The Morgan fingerprint density at radius 1 is 1.19 bits per heavy atom. The number of benzene rings is 1. The second kappa shape index (κ2) is 6.75. The summed E-state index contributed by atoms with van der Waals surface area (Å²) in [5.41, 5.74) is 2.92. The SMILES string of the molecule is Cn1cc(-c2ccc3nnc(CC(=O)C4CCC(F)(F)CC4)cc3c2)nn1. The predicted octanol–water partition coefficient (Wildman–Crippen LogP) is 3.36. The number of fused-ring (bicyclic) bond motifs is 1. The molecule has 1 aromatic carbocycles. The van der Waals surface area contributed by atoms with Crippen LogP contribution in [0.4, 0.5) is 8.78 Å². The molecule has 3 aromatic rings. The Hall–Kier alpha value is -2.77. The van der Waals surface area contributed by atoms with Crippen LogP contribution in [0.2, 0.25) is 0 Å². The lowest BCUT2D eigenvalue weighted by atomic mass is 9.83. The first-order valence-corrected chi connectivity index (χ1v) is 8.93. The van der Waals surface area contributed by atoms with Gasteiger partial charge in [-0.15, -0.1) is 5.10 Å². The van der Waals surface area contributed by atoms with Crippen LogP contribution in [0.25, 0.3) is 22.2 Å². The van der Waals surface area contributed by atoms with Gasteiger partial charge in [-0.3, -0.25) is 9.48 Å². The molecule has 140 valence electrons. The van der Waals surface area contributed by atoms with Crippen molar-refractivity contribution in [2.24, 2.45) is 13.0 Å². The van der Waals surface area contributed by atoms with E-state index in [2.05, 4.69) is 20.5 Å². The lowest BCUT2D eigenvalue weighted by Crippen LogP contribution is -2.29. The van der Waals surface area contributed by atoms with E-state index in [1.807, 2.05) is 30.5 Å². The van der Waals surface area contributed by atoms with E-state index in [1.54, 1.807) is 11.7 Å². The maximum atomic E-state index is 13.3. The first-order chi connectivity index (χ1) is 12.9. The summed E-state index contributed by atoms with van der Waals surface area (Å²) in [6, 6.07) is 7.51. The number of nitrogens with zero attached hydrogens (tertiary/aromatic N) is 5. The maximum absolute atomic E-state index is 13.3. The molecular formula is C19H19F2N5O. The monoisotopic (exact) mass is 371 g/mol. The maximum Gasteiger partial charge on any atom is 0.248 e. The molecule has 0 radical (unpaired) electrons. The van der Waals surface area contributed by atoms with E-state index >= 15 is 0 Å². The van der Waals surface area contributed by atoms with Crippen molar-refractivity contribution in [3.8, 4) is 11.3 Å². The van der Waals surface area contributed by atoms with Crippen molar-refractivity contribution >= 4 is 16.7 Å². The van der Waals surface area contributed by atoms with E-state index in [-0.39, 0.29) is 43.8 Å². The van der Waals surface area contributed by atoms with Crippen LogP contribution in [0.15, 0.2) is 30.5 Å². The molecule has 27 heavy (non-hydrogen) atoms. The summed E-state index contributed by atoms with van der Waals surface area (Å²) in [5.74, 6) is -2.98. The van der Waals surface area contributed by atoms with Gasteiger partial charge in [-0.05, 0) is 31.0 Å². The standard InChI is InChI=1S/C19H19F2N5O/c1-26-11-17(24-25-26)13-2-3-16-14(8-13)9-15(22-23-16)10-18(27)12-4-6-19(20,21)7-5-12/h2-3,8-9,11-12H,4-7,10H2,1H3. The summed E-state index contributed by atoms with van der Waals surface area (Å²) in [6.45, 7) is 0. The quantitative estimate of drug-likeness (QED) is 0.703. The summed E-state index contributed by atoms with van der Waals surface area (Å²) in [4.78, 5) is 12.5. The third kappa shape index (κ3) is 3.84. The minimum atomic E-state index is -2.63. The van der Waals surface area contributed by atoms with E-state index < -0.39 is 5.92 Å². The Morgan fingerprint density at radius 2 is 1.96 bits per heavy atom. The largest absolute Gasteiger partial charge is 0.299 e. The number of ketones is 1. The van der Waals surface area contributed by atoms with E-state index in [1.165, 1.54) is 0 Å². The molecule has 0 N–H and O–H groups in total. The Bertz CT molecular complexity index is 991. The van der Waals surface area contributed by atoms with E-state index in [0.29, 0.717) is 5.69 Å². The summed E-state index contributed by atoms with van der Waals surface area (Å²) in [7, 11) is 1.80. The minimum Gasteiger partial charge on any atom is -0.299 e. The number of carbonyl (C=O) groups is 1. The Labute approximate surface area is 154 Å². The normalized spacial score (nSPS) is 17.3. The Kier molecular flexibility index (Phi) is 4.41. The van der Waals surface area contributed by atoms with Gasteiger partial charge in [-0.25, -0.2) is 8.78 Å². The van der Waals surface area contributed by atoms with Gasteiger partial charge in [0.2, 0.25) is 5.92 Å². The lowest BCUT2D eigenvalue weighted by Gasteiger charge is -2.27. The topological polar surface area (TPSA) is 73.6 Å². The number of rotatable bonds is 4. The molecule has 1 saturated carbocycles. The first kappa shape index (κ1) is 17.6. The zero-order chi connectivity index (χ0) is 19.0. The minimum absolute atomic E-state index is 0.0377. The van der Waals surface area contributed by atoms with E-state index in [0.717, 1.165) is 22.2 Å². The van der Waals surface area contributed by atoms with Gasteiger partial charge >= 0.3 is 0 Å². The number of aryl methyl sites for hydroxylation is 1. The molecule has 2 aromatic heterocycles. The van der Waals surface area contributed by atoms with Gasteiger partial charge in [-0.1, -0.05) is 11.3 Å². The molecule has 0 unspecified atom stereocenters. The average Bonchev–Trinajstić information content (AvgIpc) is 3.07. The number of hydrogen-bond donors (Lipinski definition) is 0. The zero-order valence-corrected chi connectivity index (χ0v) is 14.9. The van der Waals surface area contributed by atoms with Crippen LogP contribution < -0.4 is 0 Å². The lowest BCUT2D eigenvalue weighted by molar-refractivity contribution is -0.126. The number of hydrogen-bond acceptors (Lipinski definition) is 5. The molecule has 0 amide bonds. The van der Waals surface area contributed by atoms with Crippen LogP contribution in [0.1, 0.15) is 31.4 Å². The number of carbonyl (C=O) groups excluding carboxylic acids is 1. The molecule has 4 rings (SSSR count). The molecule has 0 atom stereocenters. The van der Waals surface area contributed by atoms with Gasteiger partial charge < -0.3 is 0 Å². The van der Waals surface area contributed by atoms with Crippen LogP contribution in [0.5, 0.6) is 0 Å². The highest BCUT2D eigenvalue weighted by Gasteiger charge is 2.37. The van der Waals surface area contributed by atoms with Crippen molar-refractivity contribution < 1.29 is 13.6 Å². The third-order valence-electron chi connectivity index (χ3n) is 5.06. The fraction of sp³-hybridized carbons (Fsp3) is 0.421. The van der Waals surface area contributed by atoms with Crippen molar-refractivity contribution in [2.45, 2.75) is 38.0 Å². The molecule has 2 heterocycles. The summed E-state index contributed by atoms with van der Waals surface area (Å²) < 4.78 is 28.2. The van der Waals surface area contributed by atoms with Crippen LogP contribution >= 0.6 is 0 Å². The van der Waals surface area contributed by atoms with Crippen molar-refractivity contribution in [2.75, 3.05) is 0 Å². The summed E-state index contributed by atoms with van der Waals surface area (Å²) in [6.07, 6.45) is 1.99. The van der Waals surface area contributed by atoms with Gasteiger partial charge in [0.25, 0.3) is 0 Å². The van der Waals surface area contributed by atoms with Crippen molar-refractivity contribution in [3.63, 3.8) is 0 Å². The molecule has 8 heteroatoms. The van der Waals surface area contributed by atoms with Crippen molar-refractivity contribution in [3.05, 3.63) is 36.2 Å². The Morgan fingerprint density at radius 3 is 2.67 bits per heavy atom. The first-order valence-electron chi connectivity index (χ1n) is 8.93. The van der Waals surface area contributed by atoms with Gasteiger partial charge in [0.1, 0.15) is 11.5 Å². The average molecular weight is 371 g/mol. The molecule has 6 nitrogen and oxygen atoms in total. The van der Waals surface area contributed by atoms with Crippen LogP contribution in [-0.2, 0) is 18.3 Å². The second-order valence-electron chi connectivity index (χ2n) is 7.16. The molecule has 1 aliphatic rings. The molecular weight excluding hydrogens is 352 g/mol. The van der Waals surface area contributed by atoms with Crippen LogP contribution in [0.3, 0.4) is 0 Å². The van der Waals surface area contributed by atoms with Crippen molar-refractivity contribution in [1.29, 1.82) is 0 Å². The van der Waals surface area contributed by atoms with E-state index in [9.17, 15) is 13.6 Å². The molecule has 1 aliphatic carbocycles. The van der Waals surface area contributed by atoms with Gasteiger partial charge in [0.05, 0.1) is 23.8 Å². The molecule has 1 fully saturated rings. The molecule has 0 saturated heterocycles. The Balaban J connectivity index is 1.53. The van der Waals surface area contributed by atoms with Gasteiger partial charge in [0, 0.05) is 36.8 Å². The molecule has 0 aliphatic heterocycles. The fourth-order valence-corrected chi connectivity index (χ4v) is 3.50. The number of alkyl halides is 2. The third-order valence-corrected chi connectivity index (χ3v) is 5.06. The highest BCUT2D eigenvalue weighted by Crippen LogP contribution is 2.36. The highest BCUT2D eigenvalue weighted by atomic mass is 19.3. The number of aromatic nitrogens is 5. The summed E-state index contributed by atoms with van der Waals surface area (Å²) >= 11 is 0. The molecule has 0 bridgehead atoms. The molecule has 0 spiro atoms. The summed E-state index contributed by atoms with van der Waals surface area (Å²) in [5, 5.41) is 17.2. The zero-order valence-electron chi connectivity index (χ0n) is 14.9. The number of Topliss-reactive ketones (excluding diaryl/α,β-unsaturated/α-hetero) is 1. The fourth-order valence-electron chi connectivity index (χ4n) is 3.50. The van der Waals surface area contributed by atoms with Gasteiger partial charge in [-0.2, -0.15) is 10.2 Å². The highest BCUT2D eigenvalue weighted by molar-refractivity contribution is 5.86. The van der Waals surface area contributed by atoms with Crippen LogP contribution in [-0.4, -0.2) is 36.9 Å². The second-order valence-corrected chi connectivity index (χ2v) is 7.16. The number of halogens is 2. The van der Waals surface area contributed by atoms with Crippen molar-refractivity contribution in [1.82, 2.24) is 25.2 Å².